The molecule has 3 N–H and O–H groups in total. The van der Waals surface area contributed by atoms with Crippen LogP contribution in [-0.4, -0.2) is 26.7 Å². The number of fused-ring (bicyclic) bond motifs is 8. The number of nitrogens with one attached hydrogen (secondary N) is 3. The molecule has 1 aliphatic heterocycles. The number of rotatable bonds is 3. The number of amides is 2. The van der Waals surface area contributed by atoms with Crippen molar-refractivity contribution >= 4 is 62.4 Å². The highest BCUT2D eigenvalue weighted by molar-refractivity contribution is 6.37. The van der Waals surface area contributed by atoms with E-state index in [1.807, 2.05) is 0 Å². The van der Waals surface area contributed by atoms with Crippen molar-refractivity contribution < 1.29 is 14.5 Å². The van der Waals surface area contributed by atoms with Crippen LogP contribution in [0.5, 0.6) is 0 Å². The second-order valence-electron chi connectivity index (χ2n) is 6.51. The van der Waals surface area contributed by atoms with Crippen LogP contribution in [0.2, 0.25) is 0 Å². The van der Waals surface area contributed by atoms with Gasteiger partial charge in [0.25, 0.3) is 17.5 Å². The Kier molecular flexibility index (Phi) is 2.95. The summed E-state index contributed by atoms with van der Waals surface area (Å²) < 4.78 is 0. The summed E-state index contributed by atoms with van der Waals surface area (Å²) in [5, 5.41) is 15.1. The number of nitro benzene ring substituents is 1. The summed E-state index contributed by atoms with van der Waals surface area (Å²) in [6, 6.07) is 4.38. The normalized spacial score (nSPS) is 13.3. The predicted molar refractivity (Wildman–Crippen MR) is 106 cm³/mol. The number of nitrogens with zero attached hydrogens (tertiary/aromatic N) is 1. The van der Waals surface area contributed by atoms with Crippen molar-refractivity contribution in [3.8, 4) is 0 Å². The number of hydrogen-bond donors (Lipinski definition) is 3. The van der Waals surface area contributed by atoms with E-state index in [4.69, 9.17) is 0 Å². The number of aromatic amines is 2. The molecular formula is C20H12N4O4. The Bertz CT molecular complexity index is 1440. The predicted octanol–water partition coefficient (Wildman–Crippen LogP) is 3.88. The molecule has 0 unspecified atom stereocenters. The number of carbonyl (C=O) groups excluding carboxylic acids is 2. The average Bonchev–Trinajstić information content (AvgIpc) is 3.31. The molecule has 0 aliphatic carbocycles. The number of hydrogen-bond acceptors (Lipinski definition) is 4. The number of non-ortho nitro benzene ring substituents is 1. The van der Waals surface area contributed by atoms with E-state index in [-0.39, 0.29) is 16.8 Å². The molecule has 0 saturated carbocycles. The highest BCUT2D eigenvalue weighted by Crippen LogP contribution is 2.42. The molecule has 2 aromatic heterocycles. The molecule has 2 amide bonds. The van der Waals surface area contributed by atoms with Crippen LogP contribution >= 0.6 is 0 Å². The van der Waals surface area contributed by atoms with Gasteiger partial charge in [0.15, 0.2) is 0 Å². The fraction of sp³-hybridized carbons (Fsp3) is 0. The largest absolute Gasteiger partial charge is 0.353 e. The van der Waals surface area contributed by atoms with Gasteiger partial charge in [-0.3, -0.25) is 25.0 Å². The minimum Gasteiger partial charge on any atom is -0.353 e. The van der Waals surface area contributed by atoms with Crippen molar-refractivity contribution in [2.45, 2.75) is 0 Å². The molecule has 2 aromatic carbocycles. The minimum absolute atomic E-state index is 0.1000. The van der Waals surface area contributed by atoms with Crippen molar-refractivity contribution in [3.63, 3.8) is 0 Å². The van der Waals surface area contributed by atoms with E-state index >= 15 is 0 Å². The number of H-pyrrole nitrogens is 2. The Labute approximate surface area is 156 Å². The monoisotopic (exact) mass is 372 g/mol. The fourth-order valence-electron chi connectivity index (χ4n) is 4.03. The summed E-state index contributed by atoms with van der Waals surface area (Å²) in [6.45, 7) is 7.60. The van der Waals surface area contributed by atoms with Crippen molar-refractivity contribution in [2.75, 3.05) is 0 Å². The molecule has 8 nitrogen and oxygen atoms in total. The highest BCUT2D eigenvalue weighted by Gasteiger charge is 2.35. The van der Waals surface area contributed by atoms with Crippen LogP contribution in [0.1, 0.15) is 32.0 Å². The number of carbonyl (C=O) groups is 2. The van der Waals surface area contributed by atoms with Gasteiger partial charge in [-0.1, -0.05) is 19.2 Å². The van der Waals surface area contributed by atoms with E-state index < -0.39 is 16.7 Å². The van der Waals surface area contributed by atoms with E-state index in [2.05, 4.69) is 28.4 Å². The summed E-state index contributed by atoms with van der Waals surface area (Å²) in [7, 11) is 0. The molecule has 28 heavy (non-hydrogen) atoms. The molecule has 0 bridgehead atoms. The van der Waals surface area contributed by atoms with E-state index in [0.717, 1.165) is 0 Å². The van der Waals surface area contributed by atoms with Crippen LogP contribution in [0.3, 0.4) is 0 Å². The van der Waals surface area contributed by atoms with Crippen LogP contribution in [0.15, 0.2) is 31.4 Å². The topological polar surface area (TPSA) is 121 Å². The highest BCUT2D eigenvalue weighted by atomic mass is 16.6. The summed E-state index contributed by atoms with van der Waals surface area (Å²) in [4.78, 5) is 42.4. The van der Waals surface area contributed by atoms with Crippen LogP contribution in [0.25, 0.3) is 44.9 Å². The molecule has 0 spiro atoms. The molecule has 0 atom stereocenters. The maximum atomic E-state index is 12.6. The van der Waals surface area contributed by atoms with Crippen molar-refractivity contribution in [1.29, 1.82) is 0 Å². The van der Waals surface area contributed by atoms with E-state index in [1.165, 1.54) is 12.1 Å². The van der Waals surface area contributed by atoms with Crippen LogP contribution < -0.4 is 5.32 Å². The number of benzene rings is 2. The standard InChI is InChI=1S/C20H12N4O4/c1-3-9-11(4-2)21-17-13(9)15-16(20(26)23-19(15)25)14-10-7-8(24(27)28)5-6-12(10)22-18(14)17/h3-7,21-22H,1-2H2,(H,23,25,26). The first kappa shape index (κ1) is 16.0. The SMILES string of the molecule is C=Cc1[nH]c2c(c1C=C)c1c(c3c4cc([N+](=O)[O-])ccc4[nH]c23)C(=O)NC1=O. The Morgan fingerprint density at radius 2 is 1.64 bits per heavy atom. The lowest BCUT2D eigenvalue weighted by molar-refractivity contribution is -0.384. The zero-order valence-electron chi connectivity index (χ0n) is 14.4. The first-order chi connectivity index (χ1) is 13.5. The van der Waals surface area contributed by atoms with Crippen molar-refractivity contribution in [1.82, 2.24) is 15.3 Å². The van der Waals surface area contributed by atoms with E-state index in [0.29, 0.717) is 44.0 Å². The van der Waals surface area contributed by atoms with Gasteiger partial charge in [0.05, 0.1) is 27.1 Å². The van der Waals surface area contributed by atoms with Gasteiger partial charge in [-0.25, -0.2) is 0 Å². The molecule has 4 aromatic rings. The molecule has 1 aliphatic rings. The second kappa shape index (κ2) is 5.17. The van der Waals surface area contributed by atoms with Gasteiger partial charge in [-0.2, -0.15) is 0 Å². The van der Waals surface area contributed by atoms with E-state index in [1.54, 1.807) is 18.2 Å². The van der Waals surface area contributed by atoms with Gasteiger partial charge < -0.3 is 9.97 Å². The van der Waals surface area contributed by atoms with Gasteiger partial charge in [0.2, 0.25) is 0 Å². The van der Waals surface area contributed by atoms with Crippen LogP contribution in [-0.2, 0) is 0 Å². The number of nitro groups is 1. The fourth-order valence-corrected chi connectivity index (χ4v) is 4.03. The lowest BCUT2D eigenvalue weighted by Gasteiger charge is -2.03. The maximum absolute atomic E-state index is 12.6. The molecule has 0 fully saturated rings. The Hall–Kier alpha value is -4.20. The van der Waals surface area contributed by atoms with Gasteiger partial charge in [-0.05, 0) is 12.1 Å². The second-order valence-corrected chi connectivity index (χ2v) is 6.51. The molecular weight excluding hydrogens is 360 g/mol. The smallest absolute Gasteiger partial charge is 0.270 e. The summed E-state index contributed by atoms with van der Waals surface area (Å²) in [5.74, 6) is -1.04. The zero-order valence-corrected chi connectivity index (χ0v) is 14.4. The lowest BCUT2D eigenvalue weighted by atomic mass is 9.96. The molecule has 5 rings (SSSR count). The number of aromatic nitrogens is 2. The average molecular weight is 372 g/mol. The lowest BCUT2D eigenvalue weighted by Crippen LogP contribution is -2.20. The Morgan fingerprint density at radius 1 is 0.964 bits per heavy atom. The van der Waals surface area contributed by atoms with Gasteiger partial charge in [-0.15, -0.1) is 0 Å². The maximum Gasteiger partial charge on any atom is 0.270 e. The van der Waals surface area contributed by atoms with Gasteiger partial charge >= 0.3 is 0 Å². The van der Waals surface area contributed by atoms with Gasteiger partial charge in [0.1, 0.15) is 0 Å². The van der Waals surface area contributed by atoms with Crippen molar-refractivity contribution in [2.24, 2.45) is 0 Å². The third kappa shape index (κ3) is 1.78. The zero-order chi connectivity index (χ0) is 19.7. The first-order valence-corrected chi connectivity index (χ1v) is 8.38. The molecule has 0 saturated heterocycles. The summed E-state index contributed by atoms with van der Waals surface area (Å²) in [6.07, 6.45) is 3.21. The van der Waals surface area contributed by atoms with E-state index in [9.17, 15) is 19.7 Å². The third-order valence-corrected chi connectivity index (χ3v) is 5.15. The van der Waals surface area contributed by atoms with Crippen molar-refractivity contribution in [3.05, 3.63) is 63.9 Å². The molecule has 0 radical (unpaired) electrons. The molecule has 8 heteroatoms. The molecule has 3 heterocycles. The van der Waals surface area contributed by atoms with Gasteiger partial charge in [0, 0.05) is 45.1 Å². The first-order valence-electron chi connectivity index (χ1n) is 8.38. The quantitative estimate of drug-likeness (QED) is 0.287. The Morgan fingerprint density at radius 3 is 2.29 bits per heavy atom. The van der Waals surface area contributed by atoms with Crippen LogP contribution in [0, 0.1) is 10.1 Å². The molecule has 136 valence electrons. The van der Waals surface area contributed by atoms with Crippen LogP contribution in [0.4, 0.5) is 5.69 Å². The number of imide groups is 1. The summed E-state index contributed by atoms with van der Waals surface area (Å²) in [5.41, 5.74) is 3.49. The Balaban J connectivity index is 2.12. The third-order valence-electron chi connectivity index (χ3n) is 5.15. The minimum atomic E-state index is -0.532. The summed E-state index contributed by atoms with van der Waals surface area (Å²) >= 11 is 0.